The number of aliphatic imine (C=N–C) groups is 2. The van der Waals surface area contributed by atoms with Crippen molar-refractivity contribution in [2.45, 2.75) is 0 Å². The van der Waals surface area contributed by atoms with Crippen LogP contribution in [0.15, 0.2) is 94.9 Å². The molecule has 0 spiro atoms. The van der Waals surface area contributed by atoms with Crippen LogP contribution in [0.5, 0.6) is 0 Å². The summed E-state index contributed by atoms with van der Waals surface area (Å²) >= 11 is 0. The number of hydrogen-bond donors (Lipinski definition) is 1. The smallest absolute Gasteiger partial charge is 0.156 e. The Hall–Kier alpha value is -3.20. The molecule has 0 bridgehead atoms. The van der Waals surface area contributed by atoms with Gasteiger partial charge >= 0.3 is 0 Å². The molecule has 3 aromatic rings. The van der Waals surface area contributed by atoms with Crippen LogP contribution in [0.1, 0.15) is 11.1 Å². The molecule has 0 amide bonds. The van der Waals surface area contributed by atoms with Gasteiger partial charge in [0.05, 0.1) is 0 Å². The third-order valence-electron chi connectivity index (χ3n) is 3.76. The van der Waals surface area contributed by atoms with E-state index in [2.05, 4.69) is 34.3 Å². The largest absolute Gasteiger partial charge is 0.383 e. The maximum absolute atomic E-state index is 6.10. The van der Waals surface area contributed by atoms with Gasteiger partial charge in [0, 0.05) is 18.2 Å². The fourth-order valence-electron chi connectivity index (χ4n) is 2.47. The summed E-state index contributed by atoms with van der Waals surface area (Å²) in [5.74, 6) is 1.08. The monoisotopic (exact) mass is 313 g/mol. The standard InChI is InChI=1S/C21H19N3/c1-23-21(24-20(22)18-10-6-3-7-11-18)19-14-12-17(13-15-19)16-8-4-2-5-9-16/h2-15H,1H3,(H2,22,23,24). The molecule has 0 aliphatic rings. The normalized spacial score (nSPS) is 12.2. The van der Waals surface area contributed by atoms with Crippen molar-refractivity contribution < 1.29 is 0 Å². The summed E-state index contributed by atoms with van der Waals surface area (Å²) in [7, 11) is 1.72. The maximum Gasteiger partial charge on any atom is 0.156 e. The van der Waals surface area contributed by atoms with Crippen LogP contribution >= 0.6 is 0 Å². The lowest BCUT2D eigenvalue weighted by Gasteiger charge is -2.06. The highest BCUT2D eigenvalue weighted by Gasteiger charge is 2.05. The summed E-state index contributed by atoms with van der Waals surface area (Å²) in [6.07, 6.45) is 0. The minimum absolute atomic E-state index is 0.461. The van der Waals surface area contributed by atoms with Gasteiger partial charge in [0.25, 0.3) is 0 Å². The van der Waals surface area contributed by atoms with Crippen LogP contribution < -0.4 is 5.73 Å². The fraction of sp³-hybridized carbons (Fsp3) is 0.0476. The average molecular weight is 313 g/mol. The molecule has 0 aliphatic carbocycles. The molecular weight excluding hydrogens is 294 g/mol. The molecule has 3 rings (SSSR count). The van der Waals surface area contributed by atoms with Crippen molar-refractivity contribution in [3.05, 3.63) is 96.1 Å². The molecule has 0 unspecified atom stereocenters. The molecule has 0 atom stereocenters. The van der Waals surface area contributed by atoms with Gasteiger partial charge in [0.2, 0.25) is 0 Å². The van der Waals surface area contributed by atoms with Gasteiger partial charge in [-0.1, -0.05) is 84.9 Å². The number of hydrogen-bond acceptors (Lipinski definition) is 1. The Morgan fingerprint density at radius 2 is 1.21 bits per heavy atom. The van der Waals surface area contributed by atoms with Crippen LogP contribution in [0, 0.1) is 0 Å². The zero-order valence-electron chi connectivity index (χ0n) is 13.6. The molecule has 0 saturated heterocycles. The van der Waals surface area contributed by atoms with E-state index in [9.17, 15) is 0 Å². The van der Waals surface area contributed by atoms with Gasteiger partial charge in [-0.25, -0.2) is 4.99 Å². The summed E-state index contributed by atoms with van der Waals surface area (Å²) < 4.78 is 0. The second-order valence-electron chi connectivity index (χ2n) is 5.35. The quantitative estimate of drug-likeness (QED) is 0.573. The Morgan fingerprint density at radius 3 is 1.79 bits per heavy atom. The first kappa shape index (κ1) is 15.7. The zero-order chi connectivity index (χ0) is 16.8. The molecule has 0 aliphatic heterocycles. The predicted molar refractivity (Wildman–Crippen MR) is 102 cm³/mol. The molecule has 3 aromatic carbocycles. The van der Waals surface area contributed by atoms with Gasteiger partial charge in [-0.3, -0.25) is 4.99 Å². The van der Waals surface area contributed by atoms with Crippen LogP contribution in [0.4, 0.5) is 0 Å². The minimum Gasteiger partial charge on any atom is -0.383 e. The van der Waals surface area contributed by atoms with Gasteiger partial charge < -0.3 is 5.73 Å². The van der Waals surface area contributed by atoms with Crippen LogP contribution in [0.2, 0.25) is 0 Å². The lowest BCUT2D eigenvalue weighted by Crippen LogP contribution is -2.16. The Bertz CT molecular complexity index is 849. The van der Waals surface area contributed by atoms with Crippen molar-refractivity contribution in [3.8, 4) is 11.1 Å². The van der Waals surface area contributed by atoms with Gasteiger partial charge in [0.1, 0.15) is 5.84 Å². The Labute approximate surface area is 142 Å². The number of nitrogens with two attached hydrogens (primary N) is 1. The van der Waals surface area contributed by atoms with Crippen LogP contribution in [-0.4, -0.2) is 18.7 Å². The predicted octanol–water partition coefficient (Wildman–Crippen LogP) is 4.14. The molecular formula is C21H19N3. The molecule has 0 radical (unpaired) electrons. The molecule has 0 heterocycles. The third-order valence-corrected chi connectivity index (χ3v) is 3.76. The second kappa shape index (κ2) is 7.38. The van der Waals surface area contributed by atoms with Crippen LogP contribution in [0.25, 0.3) is 11.1 Å². The molecule has 0 saturated carbocycles. The number of amidine groups is 2. The minimum atomic E-state index is 0.461. The van der Waals surface area contributed by atoms with Crippen LogP contribution in [-0.2, 0) is 0 Å². The topological polar surface area (TPSA) is 50.7 Å². The lowest BCUT2D eigenvalue weighted by atomic mass is 10.0. The molecule has 3 heteroatoms. The second-order valence-corrected chi connectivity index (χ2v) is 5.35. The first-order valence-electron chi connectivity index (χ1n) is 7.80. The first-order chi connectivity index (χ1) is 11.8. The van der Waals surface area contributed by atoms with E-state index in [-0.39, 0.29) is 0 Å². The van der Waals surface area contributed by atoms with E-state index in [4.69, 9.17) is 5.73 Å². The SMILES string of the molecule is CN=C(N=C(N)c1ccccc1)c1ccc(-c2ccccc2)cc1. The number of benzene rings is 3. The fourth-order valence-corrected chi connectivity index (χ4v) is 2.47. The molecule has 24 heavy (non-hydrogen) atoms. The molecule has 0 fully saturated rings. The Kier molecular flexibility index (Phi) is 4.82. The number of nitrogens with zero attached hydrogens (tertiary/aromatic N) is 2. The summed E-state index contributed by atoms with van der Waals surface area (Å²) in [6, 6.07) is 28.2. The van der Waals surface area contributed by atoms with E-state index >= 15 is 0 Å². The van der Waals surface area contributed by atoms with E-state index in [1.165, 1.54) is 5.56 Å². The Balaban J connectivity index is 1.87. The van der Waals surface area contributed by atoms with E-state index in [1.54, 1.807) is 7.05 Å². The molecule has 2 N–H and O–H groups in total. The Morgan fingerprint density at radius 1 is 0.667 bits per heavy atom. The van der Waals surface area contributed by atoms with Crippen molar-refractivity contribution in [3.63, 3.8) is 0 Å². The summed E-state index contributed by atoms with van der Waals surface area (Å²) in [6.45, 7) is 0. The lowest BCUT2D eigenvalue weighted by molar-refractivity contribution is 1.37. The molecule has 0 aromatic heterocycles. The van der Waals surface area contributed by atoms with Crippen LogP contribution in [0.3, 0.4) is 0 Å². The highest BCUT2D eigenvalue weighted by atomic mass is 14.9. The average Bonchev–Trinajstić information content (AvgIpc) is 2.67. The van der Waals surface area contributed by atoms with Crippen molar-refractivity contribution in [2.24, 2.45) is 15.7 Å². The van der Waals surface area contributed by atoms with Crippen molar-refractivity contribution >= 4 is 11.7 Å². The summed E-state index contributed by atoms with van der Waals surface area (Å²) in [5, 5.41) is 0. The highest BCUT2D eigenvalue weighted by Crippen LogP contribution is 2.19. The maximum atomic E-state index is 6.10. The van der Waals surface area contributed by atoms with E-state index in [0.717, 1.165) is 16.7 Å². The summed E-state index contributed by atoms with van der Waals surface area (Å²) in [4.78, 5) is 8.76. The molecule has 118 valence electrons. The highest BCUT2D eigenvalue weighted by molar-refractivity contribution is 6.11. The summed E-state index contributed by atoms with van der Waals surface area (Å²) in [5.41, 5.74) is 10.3. The zero-order valence-corrected chi connectivity index (χ0v) is 13.6. The third kappa shape index (κ3) is 3.58. The van der Waals surface area contributed by atoms with E-state index in [0.29, 0.717) is 11.7 Å². The van der Waals surface area contributed by atoms with E-state index in [1.807, 2.05) is 60.7 Å². The molecule has 3 nitrogen and oxygen atoms in total. The van der Waals surface area contributed by atoms with Crippen molar-refractivity contribution in [2.75, 3.05) is 7.05 Å². The first-order valence-corrected chi connectivity index (χ1v) is 7.80. The van der Waals surface area contributed by atoms with Gasteiger partial charge in [-0.05, 0) is 11.1 Å². The number of rotatable bonds is 3. The van der Waals surface area contributed by atoms with Crippen molar-refractivity contribution in [1.82, 2.24) is 0 Å². The van der Waals surface area contributed by atoms with Crippen molar-refractivity contribution in [1.29, 1.82) is 0 Å². The van der Waals surface area contributed by atoms with Gasteiger partial charge in [-0.15, -0.1) is 0 Å². The van der Waals surface area contributed by atoms with Gasteiger partial charge in [-0.2, -0.15) is 0 Å². The van der Waals surface area contributed by atoms with E-state index < -0.39 is 0 Å². The van der Waals surface area contributed by atoms with Gasteiger partial charge in [0.15, 0.2) is 5.84 Å².